The topological polar surface area (TPSA) is 29.3 Å². The number of halogens is 2. The number of hydrogen-bond acceptors (Lipinski definition) is 2. The van der Waals surface area contributed by atoms with Crippen LogP contribution >= 0.6 is 23.2 Å². The van der Waals surface area contributed by atoms with Crippen LogP contribution in [0.15, 0.2) is 36.4 Å². The third kappa shape index (κ3) is 2.58. The Bertz CT molecular complexity index is 617. The van der Waals surface area contributed by atoms with Crippen LogP contribution in [0.4, 0.5) is 11.4 Å². The highest BCUT2D eigenvalue weighted by molar-refractivity contribution is 6.39. The molecule has 2 aromatic carbocycles. The Morgan fingerprint density at radius 2 is 1.65 bits per heavy atom. The zero-order valence-corrected chi connectivity index (χ0v) is 12.6. The van der Waals surface area contributed by atoms with E-state index in [0.717, 1.165) is 31.6 Å². The molecule has 0 saturated carbocycles. The number of rotatable bonds is 1. The van der Waals surface area contributed by atoms with Gasteiger partial charge in [-0.25, -0.2) is 0 Å². The first kappa shape index (κ1) is 13.6. The Hall–Kier alpha value is -1.38. The van der Waals surface area contributed by atoms with Crippen LogP contribution in [0.1, 0.15) is 17.5 Å². The van der Waals surface area contributed by atoms with E-state index in [1.165, 1.54) is 11.1 Å². The summed E-state index contributed by atoms with van der Waals surface area (Å²) in [6.07, 6.45) is 2.19. The predicted octanol–water partition coefficient (Wildman–Crippen LogP) is 4.53. The molecule has 20 heavy (non-hydrogen) atoms. The molecular weight excluding hydrogens is 291 g/mol. The van der Waals surface area contributed by atoms with Crippen molar-refractivity contribution in [2.24, 2.45) is 0 Å². The van der Waals surface area contributed by atoms with E-state index in [9.17, 15) is 0 Å². The van der Waals surface area contributed by atoms with Crippen LogP contribution in [-0.2, 0) is 13.0 Å². The summed E-state index contributed by atoms with van der Waals surface area (Å²) in [5.74, 6) is 0. The van der Waals surface area contributed by atoms with E-state index in [2.05, 4.69) is 29.2 Å². The highest BCUT2D eigenvalue weighted by atomic mass is 35.5. The van der Waals surface area contributed by atoms with E-state index in [-0.39, 0.29) is 0 Å². The average Bonchev–Trinajstić information content (AvgIpc) is 2.59. The molecule has 0 aromatic heterocycles. The molecule has 0 saturated heterocycles. The van der Waals surface area contributed by atoms with Gasteiger partial charge < -0.3 is 10.6 Å². The van der Waals surface area contributed by atoms with Crippen molar-refractivity contribution in [3.8, 4) is 0 Å². The molecule has 3 rings (SSSR count). The fourth-order valence-electron chi connectivity index (χ4n) is 2.78. The van der Waals surface area contributed by atoms with Crippen molar-refractivity contribution < 1.29 is 0 Å². The first-order chi connectivity index (χ1) is 9.65. The smallest absolute Gasteiger partial charge is 0.0749 e. The van der Waals surface area contributed by atoms with E-state index in [1.807, 2.05) is 0 Å². The van der Waals surface area contributed by atoms with Crippen LogP contribution in [0.5, 0.6) is 0 Å². The lowest BCUT2D eigenvalue weighted by atomic mass is 10.0. The van der Waals surface area contributed by atoms with Gasteiger partial charge in [0.05, 0.1) is 15.7 Å². The van der Waals surface area contributed by atoms with Gasteiger partial charge in [-0.1, -0.05) is 47.5 Å². The van der Waals surface area contributed by atoms with Crippen LogP contribution in [0.25, 0.3) is 0 Å². The highest BCUT2D eigenvalue weighted by Gasteiger charge is 2.19. The summed E-state index contributed by atoms with van der Waals surface area (Å²) in [7, 11) is 0. The van der Waals surface area contributed by atoms with Gasteiger partial charge >= 0.3 is 0 Å². The Morgan fingerprint density at radius 3 is 2.35 bits per heavy atom. The minimum Gasteiger partial charge on any atom is -0.399 e. The third-order valence-corrected chi connectivity index (χ3v) is 4.29. The van der Waals surface area contributed by atoms with Crippen molar-refractivity contribution in [2.75, 3.05) is 17.2 Å². The molecule has 1 aliphatic heterocycles. The number of anilines is 2. The third-order valence-electron chi connectivity index (χ3n) is 3.71. The zero-order chi connectivity index (χ0) is 14.1. The molecule has 0 unspecified atom stereocenters. The minimum absolute atomic E-state index is 0.596. The van der Waals surface area contributed by atoms with Crippen molar-refractivity contribution in [3.05, 3.63) is 57.6 Å². The van der Waals surface area contributed by atoms with Gasteiger partial charge in [0.15, 0.2) is 0 Å². The van der Waals surface area contributed by atoms with Gasteiger partial charge in [0, 0.05) is 18.8 Å². The summed E-state index contributed by atoms with van der Waals surface area (Å²) in [5.41, 5.74) is 10.0. The van der Waals surface area contributed by atoms with Gasteiger partial charge in [0.25, 0.3) is 0 Å². The first-order valence-electron chi connectivity index (χ1n) is 6.71. The van der Waals surface area contributed by atoms with Crippen LogP contribution < -0.4 is 10.6 Å². The van der Waals surface area contributed by atoms with E-state index in [4.69, 9.17) is 28.9 Å². The lowest BCUT2D eigenvalue weighted by Crippen LogP contribution is -2.23. The van der Waals surface area contributed by atoms with Crippen LogP contribution in [-0.4, -0.2) is 6.54 Å². The number of nitrogens with zero attached hydrogens (tertiary/aromatic N) is 1. The van der Waals surface area contributed by atoms with E-state index in [1.54, 1.807) is 12.1 Å². The Balaban J connectivity index is 2.00. The summed E-state index contributed by atoms with van der Waals surface area (Å²) in [4.78, 5) is 2.25. The lowest BCUT2D eigenvalue weighted by Gasteiger charge is -2.25. The van der Waals surface area contributed by atoms with Gasteiger partial charge in [-0.15, -0.1) is 0 Å². The lowest BCUT2D eigenvalue weighted by molar-refractivity contribution is 0.766. The van der Waals surface area contributed by atoms with Gasteiger partial charge in [-0.2, -0.15) is 0 Å². The van der Waals surface area contributed by atoms with Gasteiger partial charge in [0.1, 0.15) is 0 Å². The summed E-state index contributed by atoms with van der Waals surface area (Å²) in [6, 6.07) is 12.1. The van der Waals surface area contributed by atoms with Gasteiger partial charge in [0.2, 0.25) is 0 Å². The van der Waals surface area contributed by atoms with E-state index >= 15 is 0 Å². The molecule has 0 aliphatic carbocycles. The molecule has 0 amide bonds. The fraction of sp³-hybridized carbons (Fsp3) is 0.250. The second kappa shape index (κ2) is 5.55. The number of nitrogens with two attached hydrogens (primary N) is 1. The fourth-order valence-corrected chi connectivity index (χ4v) is 3.52. The molecule has 104 valence electrons. The van der Waals surface area contributed by atoms with Crippen molar-refractivity contribution in [2.45, 2.75) is 19.4 Å². The SMILES string of the molecule is Nc1cc(Cl)c(N2CCCc3ccccc3C2)c(Cl)c1. The Kier molecular flexibility index (Phi) is 3.77. The molecular formula is C16H16Cl2N2. The molecule has 1 heterocycles. The standard InChI is InChI=1S/C16H16Cl2N2/c17-14-8-13(19)9-15(18)16(14)20-7-3-6-11-4-1-2-5-12(11)10-20/h1-2,4-5,8-9H,3,6-7,10,19H2. The number of nitrogen functional groups attached to an aromatic ring is 1. The molecule has 0 spiro atoms. The highest BCUT2D eigenvalue weighted by Crippen LogP contribution is 2.37. The molecule has 1 aliphatic rings. The quantitative estimate of drug-likeness (QED) is 0.784. The molecule has 0 atom stereocenters. The summed E-state index contributed by atoms with van der Waals surface area (Å²) in [6.45, 7) is 1.78. The maximum atomic E-state index is 6.34. The molecule has 2 nitrogen and oxygen atoms in total. The molecule has 4 heteroatoms. The largest absolute Gasteiger partial charge is 0.399 e. The molecule has 0 fully saturated rings. The number of fused-ring (bicyclic) bond motifs is 1. The van der Waals surface area contributed by atoms with Gasteiger partial charge in [-0.3, -0.25) is 0 Å². The Labute approximate surface area is 129 Å². The number of aryl methyl sites for hydroxylation is 1. The second-order valence-electron chi connectivity index (χ2n) is 5.13. The summed E-state index contributed by atoms with van der Waals surface area (Å²) < 4.78 is 0. The maximum absolute atomic E-state index is 6.34. The van der Waals surface area contributed by atoms with Crippen LogP contribution in [0.3, 0.4) is 0 Å². The monoisotopic (exact) mass is 306 g/mol. The second-order valence-corrected chi connectivity index (χ2v) is 5.94. The average molecular weight is 307 g/mol. The van der Waals surface area contributed by atoms with E-state index < -0.39 is 0 Å². The zero-order valence-electron chi connectivity index (χ0n) is 11.1. The van der Waals surface area contributed by atoms with Crippen molar-refractivity contribution in [1.29, 1.82) is 0 Å². The minimum atomic E-state index is 0.596. The molecule has 2 N–H and O–H groups in total. The van der Waals surface area contributed by atoms with Gasteiger partial charge in [-0.05, 0) is 36.1 Å². The normalized spacial score (nSPS) is 14.8. The summed E-state index contributed by atoms with van der Waals surface area (Å²) >= 11 is 12.7. The summed E-state index contributed by atoms with van der Waals surface area (Å²) in [5, 5.41) is 1.24. The van der Waals surface area contributed by atoms with Crippen molar-refractivity contribution in [3.63, 3.8) is 0 Å². The number of benzene rings is 2. The predicted molar refractivity (Wildman–Crippen MR) is 86.7 cm³/mol. The number of hydrogen-bond donors (Lipinski definition) is 1. The first-order valence-corrected chi connectivity index (χ1v) is 7.47. The van der Waals surface area contributed by atoms with Crippen LogP contribution in [0, 0.1) is 0 Å². The van der Waals surface area contributed by atoms with Crippen molar-refractivity contribution in [1.82, 2.24) is 0 Å². The van der Waals surface area contributed by atoms with E-state index in [0.29, 0.717) is 15.7 Å². The molecule has 2 aromatic rings. The molecule has 0 radical (unpaired) electrons. The Morgan fingerprint density at radius 1 is 1.00 bits per heavy atom. The van der Waals surface area contributed by atoms with Crippen LogP contribution in [0.2, 0.25) is 10.0 Å². The maximum Gasteiger partial charge on any atom is 0.0749 e. The van der Waals surface area contributed by atoms with Crippen molar-refractivity contribution >= 4 is 34.6 Å². The molecule has 0 bridgehead atoms.